The Morgan fingerprint density at radius 1 is 1.27 bits per heavy atom. The third kappa shape index (κ3) is 3.20. The van der Waals surface area contributed by atoms with E-state index < -0.39 is 9.84 Å². The molecule has 0 aromatic carbocycles. The highest BCUT2D eigenvalue weighted by Crippen LogP contribution is 2.23. The Bertz CT molecular complexity index is 646. The van der Waals surface area contributed by atoms with Crippen molar-refractivity contribution >= 4 is 15.7 Å². The van der Waals surface area contributed by atoms with Crippen molar-refractivity contribution in [3.05, 3.63) is 23.7 Å². The summed E-state index contributed by atoms with van der Waals surface area (Å²) < 4.78 is 29.2. The van der Waals surface area contributed by atoms with E-state index in [0.717, 1.165) is 31.5 Å². The predicted octanol–water partition coefficient (Wildman–Crippen LogP) is 0.969. The van der Waals surface area contributed by atoms with Crippen LogP contribution >= 0.6 is 0 Å². The quantitative estimate of drug-likeness (QED) is 0.895. The largest absolute Gasteiger partial charge is 0.459 e. The number of hydrogen-bond acceptors (Lipinski definition) is 5. The summed E-state index contributed by atoms with van der Waals surface area (Å²) in [4.78, 5) is 14.5. The molecule has 1 N–H and O–H groups in total. The minimum absolute atomic E-state index is 0.0136. The summed E-state index contributed by atoms with van der Waals surface area (Å²) >= 11 is 0. The molecule has 2 atom stereocenters. The van der Waals surface area contributed by atoms with Crippen molar-refractivity contribution in [2.75, 3.05) is 24.6 Å². The topological polar surface area (TPSA) is 79.6 Å². The van der Waals surface area contributed by atoms with Gasteiger partial charge in [-0.15, -0.1) is 0 Å². The fourth-order valence-corrected chi connectivity index (χ4v) is 5.37. The van der Waals surface area contributed by atoms with Crippen LogP contribution in [0.2, 0.25) is 0 Å². The van der Waals surface area contributed by atoms with Gasteiger partial charge in [-0.3, -0.25) is 9.69 Å². The van der Waals surface area contributed by atoms with E-state index in [0.29, 0.717) is 0 Å². The van der Waals surface area contributed by atoms with Gasteiger partial charge in [0.25, 0.3) is 5.91 Å². The Kier molecular flexibility index (Phi) is 4.27. The van der Waals surface area contributed by atoms with Crippen LogP contribution in [0.5, 0.6) is 0 Å². The lowest BCUT2D eigenvalue weighted by atomic mass is 10.0. The van der Waals surface area contributed by atoms with Gasteiger partial charge in [-0.25, -0.2) is 8.42 Å². The standard InChI is InChI=1S/C15H22N2O4S/c1-11-5-8-21-14(11)15(18)16-12-9-22(19,20)10-13(12)17-6-3-2-4-7-17/h5,8,12-13H,2-4,6-7,9-10H2,1H3,(H,16,18). The summed E-state index contributed by atoms with van der Waals surface area (Å²) in [6, 6.07) is 1.24. The van der Waals surface area contributed by atoms with Gasteiger partial charge in [0.1, 0.15) is 0 Å². The lowest BCUT2D eigenvalue weighted by Crippen LogP contribution is -2.52. The zero-order chi connectivity index (χ0) is 15.7. The molecule has 1 aromatic rings. The van der Waals surface area contributed by atoms with Gasteiger partial charge in [-0.1, -0.05) is 6.42 Å². The summed E-state index contributed by atoms with van der Waals surface area (Å²) in [7, 11) is -3.11. The Labute approximate surface area is 130 Å². The van der Waals surface area contributed by atoms with Gasteiger partial charge >= 0.3 is 0 Å². The van der Waals surface area contributed by atoms with Crippen molar-refractivity contribution in [2.45, 2.75) is 38.3 Å². The third-order valence-corrected chi connectivity index (χ3v) is 6.28. The number of aryl methyl sites for hydroxylation is 1. The molecule has 2 aliphatic rings. The molecular formula is C15H22N2O4S. The molecule has 3 heterocycles. The predicted molar refractivity (Wildman–Crippen MR) is 82.6 cm³/mol. The van der Waals surface area contributed by atoms with E-state index in [4.69, 9.17) is 4.42 Å². The van der Waals surface area contributed by atoms with Crippen LogP contribution in [0.3, 0.4) is 0 Å². The van der Waals surface area contributed by atoms with Crippen molar-refractivity contribution in [1.82, 2.24) is 10.2 Å². The number of sulfone groups is 1. The highest BCUT2D eigenvalue weighted by atomic mass is 32.2. The monoisotopic (exact) mass is 326 g/mol. The van der Waals surface area contributed by atoms with Crippen molar-refractivity contribution in [3.8, 4) is 0 Å². The van der Waals surface area contributed by atoms with Crippen LogP contribution in [0, 0.1) is 6.92 Å². The van der Waals surface area contributed by atoms with Crippen LogP contribution in [0.25, 0.3) is 0 Å². The Morgan fingerprint density at radius 3 is 2.64 bits per heavy atom. The van der Waals surface area contributed by atoms with Crippen LogP contribution in [-0.4, -0.2) is 55.9 Å². The molecule has 7 heteroatoms. The van der Waals surface area contributed by atoms with Crippen LogP contribution < -0.4 is 5.32 Å². The van der Waals surface area contributed by atoms with Crippen molar-refractivity contribution in [3.63, 3.8) is 0 Å². The molecule has 0 radical (unpaired) electrons. The van der Waals surface area contributed by atoms with Crippen molar-refractivity contribution in [2.24, 2.45) is 0 Å². The second-order valence-electron chi connectivity index (χ2n) is 6.25. The lowest BCUT2D eigenvalue weighted by molar-refractivity contribution is 0.0872. The molecule has 1 amide bonds. The molecule has 3 rings (SSSR count). The number of piperidine rings is 1. The zero-order valence-corrected chi connectivity index (χ0v) is 13.6. The van der Waals surface area contributed by atoms with Crippen molar-refractivity contribution in [1.29, 1.82) is 0 Å². The number of carbonyl (C=O) groups is 1. The summed E-state index contributed by atoms with van der Waals surface area (Å²) in [5.41, 5.74) is 0.757. The molecule has 1 aromatic heterocycles. The van der Waals surface area contributed by atoms with E-state index in [9.17, 15) is 13.2 Å². The number of likely N-dealkylation sites (tertiary alicyclic amines) is 1. The van der Waals surface area contributed by atoms with Crippen LogP contribution in [-0.2, 0) is 9.84 Å². The van der Waals surface area contributed by atoms with Gasteiger partial charge in [0, 0.05) is 11.6 Å². The lowest BCUT2D eigenvalue weighted by Gasteiger charge is -2.34. The second kappa shape index (κ2) is 6.04. The van der Waals surface area contributed by atoms with E-state index in [2.05, 4.69) is 10.2 Å². The molecule has 2 aliphatic heterocycles. The fraction of sp³-hybridized carbons (Fsp3) is 0.667. The van der Waals surface area contributed by atoms with Gasteiger partial charge in [-0.2, -0.15) is 0 Å². The first kappa shape index (κ1) is 15.6. The summed E-state index contributed by atoms with van der Waals surface area (Å²) in [5, 5.41) is 2.87. The van der Waals surface area contributed by atoms with E-state index >= 15 is 0 Å². The number of carbonyl (C=O) groups excluding carboxylic acids is 1. The number of rotatable bonds is 3. The Morgan fingerprint density at radius 2 is 2.00 bits per heavy atom. The Balaban J connectivity index is 1.75. The SMILES string of the molecule is Cc1ccoc1C(=O)NC1CS(=O)(=O)CC1N1CCCCC1. The van der Waals surface area contributed by atoms with Gasteiger partial charge in [-0.05, 0) is 38.9 Å². The summed E-state index contributed by atoms with van der Waals surface area (Å²) in [6.07, 6.45) is 4.85. The summed E-state index contributed by atoms with van der Waals surface area (Å²) in [6.45, 7) is 3.62. The maximum atomic E-state index is 12.3. The van der Waals surface area contributed by atoms with Crippen molar-refractivity contribution < 1.29 is 17.6 Å². The fourth-order valence-electron chi connectivity index (χ4n) is 3.42. The van der Waals surface area contributed by atoms with Gasteiger partial charge in [0.15, 0.2) is 15.6 Å². The smallest absolute Gasteiger partial charge is 0.287 e. The highest BCUT2D eigenvalue weighted by Gasteiger charge is 2.42. The average molecular weight is 326 g/mol. The molecule has 22 heavy (non-hydrogen) atoms. The van der Waals surface area contributed by atoms with Gasteiger partial charge < -0.3 is 9.73 Å². The molecule has 0 bridgehead atoms. The molecule has 0 aliphatic carbocycles. The maximum absolute atomic E-state index is 12.3. The van der Waals surface area contributed by atoms with E-state index in [-0.39, 0.29) is 35.3 Å². The molecule has 2 unspecified atom stereocenters. The first-order chi connectivity index (χ1) is 10.5. The van der Waals surface area contributed by atoms with Crippen LogP contribution in [0.1, 0.15) is 35.4 Å². The van der Waals surface area contributed by atoms with E-state index in [1.165, 1.54) is 12.7 Å². The number of hydrogen-bond donors (Lipinski definition) is 1. The zero-order valence-electron chi connectivity index (χ0n) is 12.7. The second-order valence-corrected chi connectivity index (χ2v) is 8.41. The minimum Gasteiger partial charge on any atom is -0.459 e. The molecule has 0 saturated carbocycles. The first-order valence-electron chi connectivity index (χ1n) is 7.76. The number of nitrogens with zero attached hydrogens (tertiary/aromatic N) is 1. The summed E-state index contributed by atoms with van der Waals surface area (Å²) in [5.74, 6) is 0.0858. The van der Waals surface area contributed by atoms with Crippen LogP contribution in [0.4, 0.5) is 0 Å². The first-order valence-corrected chi connectivity index (χ1v) is 9.58. The van der Waals surface area contributed by atoms with Crippen LogP contribution in [0.15, 0.2) is 16.7 Å². The normalized spacial score (nSPS) is 28.6. The minimum atomic E-state index is -3.11. The van der Waals surface area contributed by atoms with E-state index in [1.54, 1.807) is 13.0 Å². The number of amides is 1. The van der Waals surface area contributed by atoms with Gasteiger partial charge in [0.05, 0.1) is 23.8 Å². The molecular weight excluding hydrogens is 304 g/mol. The average Bonchev–Trinajstić information content (AvgIpc) is 3.03. The molecule has 2 saturated heterocycles. The van der Waals surface area contributed by atoms with Gasteiger partial charge in [0.2, 0.25) is 0 Å². The molecule has 0 spiro atoms. The number of nitrogens with one attached hydrogen (secondary N) is 1. The highest BCUT2D eigenvalue weighted by molar-refractivity contribution is 7.91. The maximum Gasteiger partial charge on any atom is 0.287 e. The Hall–Kier alpha value is -1.34. The third-order valence-electron chi connectivity index (χ3n) is 4.57. The molecule has 122 valence electrons. The molecule has 6 nitrogen and oxygen atoms in total. The molecule has 2 fully saturated rings. The van der Waals surface area contributed by atoms with E-state index in [1.807, 2.05) is 0 Å². The number of furan rings is 1.